The molecular weight excluding hydrogens is 318 g/mol. The number of hydrogen-bond donors (Lipinski definition) is 0. The fourth-order valence-corrected chi connectivity index (χ4v) is 3.07. The molecule has 0 aromatic rings. The summed E-state index contributed by atoms with van der Waals surface area (Å²) in [5, 5.41) is 1.76. The number of fused-ring (bicyclic) bond motifs is 1. The Bertz CT molecular complexity index is 444. The molecular formula is C12H23NO8S. The van der Waals surface area contributed by atoms with Crippen molar-refractivity contribution in [3.05, 3.63) is 0 Å². The minimum Gasteiger partial charge on any atom is -0.359 e. The van der Waals surface area contributed by atoms with Crippen LogP contribution in [0.4, 0.5) is 0 Å². The standard InChI is InChI=1S/C12H23NO8S/c1-16-7-18-11-5-13-10(12(11)19-8-17-2)4-9(21-13)6-20-22(3,14)15/h9-12H,4-8H2,1-3H3/t9-,10-,11-,12-/m1/s1. The highest BCUT2D eigenvalue weighted by Crippen LogP contribution is 2.34. The van der Waals surface area contributed by atoms with E-state index in [0.717, 1.165) is 6.26 Å². The Kier molecular flexibility index (Phi) is 6.53. The Balaban J connectivity index is 1.90. The van der Waals surface area contributed by atoms with Gasteiger partial charge in [-0.15, -0.1) is 0 Å². The lowest BCUT2D eigenvalue weighted by molar-refractivity contribution is -0.165. The van der Waals surface area contributed by atoms with E-state index in [-0.39, 0.29) is 44.5 Å². The molecule has 2 aliphatic heterocycles. The van der Waals surface area contributed by atoms with Gasteiger partial charge in [0.1, 0.15) is 31.9 Å². The molecule has 0 aliphatic carbocycles. The highest BCUT2D eigenvalue weighted by Gasteiger charge is 2.50. The van der Waals surface area contributed by atoms with Crippen LogP contribution in [0.1, 0.15) is 6.42 Å². The van der Waals surface area contributed by atoms with Gasteiger partial charge in [-0.1, -0.05) is 0 Å². The first-order valence-electron chi connectivity index (χ1n) is 6.93. The number of nitrogens with zero attached hydrogens (tertiary/aromatic N) is 1. The van der Waals surface area contributed by atoms with E-state index in [4.69, 9.17) is 28.0 Å². The molecule has 2 rings (SSSR count). The van der Waals surface area contributed by atoms with Crippen LogP contribution in [0.2, 0.25) is 0 Å². The van der Waals surface area contributed by atoms with E-state index in [1.54, 1.807) is 19.3 Å². The lowest BCUT2D eigenvalue weighted by Gasteiger charge is -2.22. The van der Waals surface area contributed by atoms with Gasteiger partial charge in [0.2, 0.25) is 0 Å². The highest BCUT2D eigenvalue weighted by molar-refractivity contribution is 7.85. The highest BCUT2D eigenvalue weighted by atomic mass is 32.2. The largest absolute Gasteiger partial charge is 0.359 e. The average molecular weight is 341 g/mol. The molecule has 2 heterocycles. The summed E-state index contributed by atoms with van der Waals surface area (Å²) in [7, 11) is -0.378. The predicted octanol–water partition coefficient (Wildman–Crippen LogP) is -0.671. The molecule has 9 nitrogen and oxygen atoms in total. The van der Waals surface area contributed by atoms with Gasteiger partial charge >= 0.3 is 0 Å². The molecule has 2 aliphatic rings. The van der Waals surface area contributed by atoms with E-state index in [2.05, 4.69) is 0 Å². The molecule has 10 heteroatoms. The number of ether oxygens (including phenoxy) is 4. The molecule has 130 valence electrons. The smallest absolute Gasteiger partial charge is 0.264 e. The molecule has 0 unspecified atom stereocenters. The Morgan fingerprint density at radius 3 is 2.50 bits per heavy atom. The fourth-order valence-electron chi connectivity index (χ4n) is 2.67. The van der Waals surface area contributed by atoms with Gasteiger partial charge in [0.15, 0.2) is 0 Å². The molecule has 2 fully saturated rings. The van der Waals surface area contributed by atoms with Crippen molar-refractivity contribution in [2.45, 2.75) is 30.8 Å². The molecule has 4 atom stereocenters. The number of rotatable bonds is 9. The van der Waals surface area contributed by atoms with Crippen LogP contribution in [-0.2, 0) is 38.1 Å². The molecule has 0 N–H and O–H groups in total. The fraction of sp³-hybridized carbons (Fsp3) is 1.00. The zero-order valence-corrected chi connectivity index (χ0v) is 13.8. The maximum atomic E-state index is 11.0. The van der Waals surface area contributed by atoms with Crippen LogP contribution < -0.4 is 0 Å². The van der Waals surface area contributed by atoms with Gasteiger partial charge in [-0.2, -0.15) is 13.5 Å². The van der Waals surface area contributed by atoms with E-state index in [9.17, 15) is 8.42 Å². The second-order valence-electron chi connectivity index (χ2n) is 5.27. The van der Waals surface area contributed by atoms with Crippen molar-refractivity contribution in [2.75, 3.05) is 47.2 Å². The van der Waals surface area contributed by atoms with E-state index in [1.165, 1.54) is 0 Å². The van der Waals surface area contributed by atoms with Crippen molar-refractivity contribution < 1.29 is 36.4 Å². The Labute approximate surface area is 130 Å². The molecule has 22 heavy (non-hydrogen) atoms. The normalized spacial score (nSPS) is 32.5. The van der Waals surface area contributed by atoms with E-state index < -0.39 is 10.1 Å². The van der Waals surface area contributed by atoms with E-state index in [1.807, 2.05) is 0 Å². The van der Waals surface area contributed by atoms with Gasteiger partial charge in [-0.25, -0.2) is 0 Å². The number of methoxy groups -OCH3 is 2. The summed E-state index contributed by atoms with van der Waals surface area (Å²) in [5.41, 5.74) is 0. The molecule has 0 aromatic heterocycles. The third kappa shape index (κ3) is 4.83. The van der Waals surface area contributed by atoms with Crippen molar-refractivity contribution in [1.29, 1.82) is 0 Å². The zero-order chi connectivity index (χ0) is 16.2. The van der Waals surface area contributed by atoms with E-state index in [0.29, 0.717) is 13.0 Å². The van der Waals surface area contributed by atoms with Crippen LogP contribution in [0.3, 0.4) is 0 Å². The summed E-state index contributed by atoms with van der Waals surface area (Å²) in [6.07, 6.45) is 0.853. The van der Waals surface area contributed by atoms with Gasteiger partial charge < -0.3 is 18.9 Å². The topological polar surface area (TPSA) is 92.8 Å². The van der Waals surface area contributed by atoms with Crippen molar-refractivity contribution >= 4 is 10.1 Å². The van der Waals surface area contributed by atoms with Gasteiger partial charge in [-0.3, -0.25) is 9.02 Å². The molecule has 0 spiro atoms. The summed E-state index contributed by atoms with van der Waals surface area (Å²) in [5.74, 6) is 0. The zero-order valence-electron chi connectivity index (χ0n) is 13.0. The molecule has 0 bridgehead atoms. The SMILES string of the molecule is COCO[C@@H]1[C@H]2C[C@H](COS(C)(=O)=O)ON2C[C@H]1OCOC. The van der Waals surface area contributed by atoms with Crippen molar-refractivity contribution in [3.63, 3.8) is 0 Å². The van der Waals surface area contributed by atoms with Gasteiger partial charge in [0.05, 0.1) is 25.4 Å². The van der Waals surface area contributed by atoms with Crippen LogP contribution in [0.25, 0.3) is 0 Å². The summed E-state index contributed by atoms with van der Waals surface area (Å²) in [6, 6.07) is -0.0369. The predicted molar refractivity (Wildman–Crippen MR) is 74.3 cm³/mol. The van der Waals surface area contributed by atoms with E-state index >= 15 is 0 Å². The number of hydroxylamine groups is 2. The van der Waals surface area contributed by atoms with Crippen molar-refractivity contribution in [3.8, 4) is 0 Å². The monoisotopic (exact) mass is 341 g/mol. The van der Waals surface area contributed by atoms with Gasteiger partial charge in [0, 0.05) is 14.2 Å². The Morgan fingerprint density at radius 1 is 1.18 bits per heavy atom. The van der Waals surface area contributed by atoms with Gasteiger partial charge in [0.25, 0.3) is 10.1 Å². The summed E-state index contributed by atoms with van der Waals surface area (Å²) in [4.78, 5) is 5.70. The van der Waals surface area contributed by atoms with Crippen LogP contribution in [0.15, 0.2) is 0 Å². The lowest BCUT2D eigenvalue weighted by atomic mass is 10.1. The maximum absolute atomic E-state index is 11.0. The van der Waals surface area contributed by atoms with Crippen LogP contribution in [-0.4, -0.2) is 85.0 Å². The van der Waals surface area contributed by atoms with Crippen molar-refractivity contribution in [1.82, 2.24) is 5.06 Å². The van der Waals surface area contributed by atoms with Gasteiger partial charge in [-0.05, 0) is 6.42 Å². The third-order valence-electron chi connectivity index (χ3n) is 3.51. The van der Waals surface area contributed by atoms with Crippen molar-refractivity contribution in [2.24, 2.45) is 0 Å². The summed E-state index contributed by atoms with van der Waals surface area (Å²) in [6.45, 7) is 0.815. The third-order valence-corrected chi connectivity index (χ3v) is 4.07. The minimum absolute atomic E-state index is 0.00751. The first kappa shape index (κ1) is 18.0. The number of hydrogen-bond acceptors (Lipinski definition) is 9. The second kappa shape index (κ2) is 7.97. The minimum atomic E-state index is -3.48. The van der Waals surface area contributed by atoms with Crippen LogP contribution in [0, 0.1) is 0 Å². The van der Waals surface area contributed by atoms with Crippen LogP contribution in [0.5, 0.6) is 0 Å². The second-order valence-corrected chi connectivity index (χ2v) is 6.91. The quantitative estimate of drug-likeness (QED) is 0.400. The molecule has 0 amide bonds. The molecule has 2 saturated heterocycles. The Morgan fingerprint density at radius 2 is 1.86 bits per heavy atom. The Hall–Kier alpha value is -0.330. The summed E-state index contributed by atoms with van der Waals surface area (Å²) >= 11 is 0. The molecule has 0 aromatic carbocycles. The molecule has 0 radical (unpaired) electrons. The summed E-state index contributed by atoms with van der Waals surface area (Å²) < 4.78 is 48.0. The average Bonchev–Trinajstić information content (AvgIpc) is 2.97. The lowest BCUT2D eigenvalue weighted by Crippen LogP contribution is -2.37. The van der Waals surface area contributed by atoms with Crippen LogP contribution >= 0.6 is 0 Å². The first-order chi connectivity index (χ1) is 10.4. The molecule has 0 saturated carbocycles. The maximum Gasteiger partial charge on any atom is 0.264 e. The first-order valence-corrected chi connectivity index (χ1v) is 8.75.